The SMILES string of the molecule is Cc1ccc(C2(N)CCC(C(F)(F)F)CC2)cn1. The standard InChI is InChI=1S/C13H17F3N2/c1-9-2-3-11(8-18-9)12(17)6-4-10(5-7-12)13(14,15)16/h2-3,8,10H,4-7,17H2,1H3. The highest BCUT2D eigenvalue weighted by Crippen LogP contribution is 2.43. The largest absolute Gasteiger partial charge is 0.391 e. The van der Waals surface area contributed by atoms with Crippen LogP contribution in [0.15, 0.2) is 18.3 Å². The number of hydrogen-bond donors (Lipinski definition) is 1. The predicted molar refractivity (Wildman–Crippen MR) is 62.9 cm³/mol. The van der Waals surface area contributed by atoms with E-state index in [1.807, 2.05) is 19.1 Å². The van der Waals surface area contributed by atoms with Crippen LogP contribution in [-0.4, -0.2) is 11.2 Å². The van der Waals surface area contributed by atoms with Gasteiger partial charge in [-0.05, 0) is 44.2 Å². The first kappa shape index (κ1) is 13.3. The van der Waals surface area contributed by atoms with Crippen LogP contribution in [0.2, 0.25) is 0 Å². The van der Waals surface area contributed by atoms with Crippen molar-refractivity contribution in [3.8, 4) is 0 Å². The molecule has 0 bridgehead atoms. The van der Waals surface area contributed by atoms with Crippen molar-refractivity contribution in [1.82, 2.24) is 4.98 Å². The summed E-state index contributed by atoms with van der Waals surface area (Å²) >= 11 is 0. The molecule has 0 spiro atoms. The summed E-state index contributed by atoms with van der Waals surface area (Å²) in [5.74, 6) is -1.20. The first-order valence-electron chi connectivity index (χ1n) is 6.10. The van der Waals surface area contributed by atoms with Crippen LogP contribution in [0.5, 0.6) is 0 Å². The lowest BCUT2D eigenvalue weighted by atomic mass is 9.73. The van der Waals surface area contributed by atoms with Gasteiger partial charge in [0.05, 0.1) is 5.92 Å². The average Bonchev–Trinajstić information content (AvgIpc) is 2.29. The summed E-state index contributed by atoms with van der Waals surface area (Å²) in [5.41, 5.74) is 7.30. The zero-order valence-electron chi connectivity index (χ0n) is 10.3. The molecule has 0 saturated heterocycles. The van der Waals surface area contributed by atoms with E-state index in [2.05, 4.69) is 4.98 Å². The van der Waals surface area contributed by atoms with Gasteiger partial charge >= 0.3 is 6.18 Å². The summed E-state index contributed by atoms with van der Waals surface area (Å²) in [6.45, 7) is 1.87. The number of alkyl halides is 3. The van der Waals surface area contributed by atoms with Gasteiger partial charge in [0.1, 0.15) is 0 Å². The highest BCUT2D eigenvalue weighted by molar-refractivity contribution is 5.23. The Hall–Kier alpha value is -1.10. The number of hydrogen-bond acceptors (Lipinski definition) is 2. The molecule has 0 aliphatic heterocycles. The zero-order valence-corrected chi connectivity index (χ0v) is 10.3. The van der Waals surface area contributed by atoms with Crippen molar-refractivity contribution in [2.45, 2.75) is 44.3 Å². The maximum Gasteiger partial charge on any atom is 0.391 e. The predicted octanol–water partition coefficient (Wildman–Crippen LogP) is 3.30. The summed E-state index contributed by atoms with van der Waals surface area (Å²) in [5, 5.41) is 0. The Morgan fingerprint density at radius 2 is 1.89 bits per heavy atom. The van der Waals surface area contributed by atoms with Crippen molar-refractivity contribution in [1.29, 1.82) is 0 Å². The van der Waals surface area contributed by atoms with Crippen LogP contribution in [-0.2, 0) is 5.54 Å². The van der Waals surface area contributed by atoms with Crippen molar-refractivity contribution in [3.05, 3.63) is 29.6 Å². The zero-order chi connectivity index (χ0) is 13.4. The highest BCUT2D eigenvalue weighted by atomic mass is 19.4. The van der Waals surface area contributed by atoms with Gasteiger partial charge in [0.25, 0.3) is 0 Å². The molecule has 1 fully saturated rings. The van der Waals surface area contributed by atoms with Gasteiger partial charge in [-0.25, -0.2) is 0 Å². The number of pyridine rings is 1. The van der Waals surface area contributed by atoms with Gasteiger partial charge < -0.3 is 5.73 Å². The lowest BCUT2D eigenvalue weighted by Gasteiger charge is -2.38. The van der Waals surface area contributed by atoms with E-state index >= 15 is 0 Å². The van der Waals surface area contributed by atoms with Crippen LogP contribution in [0.25, 0.3) is 0 Å². The second-order valence-electron chi connectivity index (χ2n) is 5.16. The first-order valence-corrected chi connectivity index (χ1v) is 6.10. The molecule has 100 valence electrons. The molecule has 5 heteroatoms. The Labute approximate surface area is 104 Å². The number of nitrogens with two attached hydrogens (primary N) is 1. The molecule has 2 nitrogen and oxygen atoms in total. The monoisotopic (exact) mass is 258 g/mol. The van der Waals surface area contributed by atoms with E-state index in [0.717, 1.165) is 11.3 Å². The van der Waals surface area contributed by atoms with E-state index in [-0.39, 0.29) is 12.8 Å². The molecule has 1 aliphatic carbocycles. The van der Waals surface area contributed by atoms with E-state index in [0.29, 0.717) is 12.8 Å². The molecule has 0 aromatic carbocycles. The second kappa shape index (κ2) is 4.53. The van der Waals surface area contributed by atoms with Gasteiger partial charge in [-0.1, -0.05) is 6.07 Å². The number of rotatable bonds is 1. The van der Waals surface area contributed by atoms with Gasteiger partial charge in [0.2, 0.25) is 0 Å². The molecular weight excluding hydrogens is 241 g/mol. The van der Waals surface area contributed by atoms with E-state index in [1.165, 1.54) is 0 Å². The van der Waals surface area contributed by atoms with E-state index in [1.54, 1.807) is 6.20 Å². The molecule has 2 N–H and O–H groups in total. The number of aromatic nitrogens is 1. The molecule has 0 radical (unpaired) electrons. The van der Waals surface area contributed by atoms with Gasteiger partial charge in [-0.3, -0.25) is 4.98 Å². The van der Waals surface area contributed by atoms with Crippen molar-refractivity contribution in [2.75, 3.05) is 0 Å². The Balaban J connectivity index is 2.10. The van der Waals surface area contributed by atoms with Crippen LogP contribution in [0, 0.1) is 12.8 Å². The minimum Gasteiger partial charge on any atom is -0.321 e. The summed E-state index contributed by atoms with van der Waals surface area (Å²) in [6.07, 6.45) is -1.47. The summed E-state index contributed by atoms with van der Waals surface area (Å²) < 4.78 is 37.8. The maximum absolute atomic E-state index is 12.6. The Morgan fingerprint density at radius 3 is 2.33 bits per heavy atom. The molecule has 1 saturated carbocycles. The number of nitrogens with zero attached hydrogens (tertiary/aromatic N) is 1. The molecule has 1 aromatic rings. The number of aryl methyl sites for hydroxylation is 1. The molecule has 2 rings (SSSR count). The maximum atomic E-state index is 12.6. The van der Waals surface area contributed by atoms with Crippen LogP contribution >= 0.6 is 0 Å². The summed E-state index contributed by atoms with van der Waals surface area (Å²) in [4.78, 5) is 4.17. The third kappa shape index (κ3) is 2.66. The third-order valence-corrected chi connectivity index (χ3v) is 3.83. The Kier molecular flexibility index (Phi) is 3.36. The first-order chi connectivity index (χ1) is 8.31. The molecule has 0 amide bonds. The topological polar surface area (TPSA) is 38.9 Å². The van der Waals surface area contributed by atoms with E-state index in [9.17, 15) is 13.2 Å². The normalized spacial score (nSPS) is 29.3. The van der Waals surface area contributed by atoms with Crippen LogP contribution in [0.1, 0.15) is 36.9 Å². The summed E-state index contributed by atoms with van der Waals surface area (Å²) in [6, 6.07) is 3.72. The van der Waals surface area contributed by atoms with Gasteiger partial charge in [0, 0.05) is 17.4 Å². The van der Waals surface area contributed by atoms with E-state index < -0.39 is 17.6 Å². The van der Waals surface area contributed by atoms with Crippen LogP contribution in [0.3, 0.4) is 0 Å². The minimum absolute atomic E-state index is 0.105. The fourth-order valence-electron chi connectivity index (χ4n) is 2.51. The van der Waals surface area contributed by atoms with Crippen molar-refractivity contribution >= 4 is 0 Å². The minimum atomic E-state index is -4.09. The Bertz CT molecular complexity index is 403. The third-order valence-electron chi connectivity index (χ3n) is 3.83. The van der Waals surface area contributed by atoms with Crippen molar-refractivity contribution < 1.29 is 13.2 Å². The second-order valence-corrected chi connectivity index (χ2v) is 5.16. The molecule has 18 heavy (non-hydrogen) atoms. The molecule has 1 aromatic heterocycles. The quantitative estimate of drug-likeness (QED) is 0.839. The molecule has 1 aliphatic rings. The molecule has 0 unspecified atom stereocenters. The summed E-state index contributed by atoms with van der Waals surface area (Å²) in [7, 11) is 0. The molecule has 0 atom stereocenters. The van der Waals surface area contributed by atoms with Gasteiger partial charge in [-0.2, -0.15) is 13.2 Å². The Morgan fingerprint density at radius 1 is 1.28 bits per heavy atom. The number of halogens is 3. The van der Waals surface area contributed by atoms with Crippen molar-refractivity contribution in [3.63, 3.8) is 0 Å². The van der Waals surface area contributed by atoms with Gasteiger partial charge in [0.15, 0.2) is 0 Å². The average molecular weight is 258 g/mol. The smallest absolute Gasteiger partial charge is 0.321 e. The van der Waals surface area contributed by atoms with Crippen molar-refractivity contribution in [2.24, 2.45) is 11.7 Å². The lowest BCUT2D eigenvalue weighted by Crippen LogP contribution is -2.43. The highest BCUT2D eigenvalue weighted by Gasteiger charge is 2.45. The molecular formula is C13H17F3N2. The van der Waals surface area contributed by atoms with Crippen LogP contribution < -0.4 is 5.73 Å². The van der Waals surface area contributed by atoms with Gasteiger partial charge in [-0.15, -0.1) is 0 Å². The van der Waals surface area contributed by atoms with Crippen LogP contribution in [0.4, 0.5) is 13.2 Å². The van der Waals surface area contributed by atoms with E-state index in [4.69, 9.17) is 5.73 Å². The fraction of sp³-hybridized carbons (Fsp3) is 0.615. The fourth-order valence-corrected chi connectivity index (χ4v) is 2.51. The lowest BCUT2D eigenvalue weighted by molar-refractivity contribution is -0.184. The molecule has 1 heterocycles.